The van der Waals surface area contributed by atoms with E-state index in [0.29, 0.717) is 0 Å². The largest absolute Gasteiger partial charge is 0.454 e. The zero-order valence-corrected chi connectivity index (χ0v) is 49.4. The molecule has 5 nitrogen and oxygen atoms in total. The quantitative estimate of drug-likeness (QED) is 0.144. The van der Waals surface area contributed by atoms with Crippen LogP contribution in [0.15, 0.2) is 300 Å². The molecule has 14 aromatic carbocycles. The van der Waals surface area contributed by atoms with E-state index < -0.39 is 0 Å². The van der Waals surface area contributed by atoms with Gasteiger partial charge in [-0.2, -0.15) is 0 Å². The highest BCUT2D eigenvalue weighted by Crippen LogP contribution is 2.49. The van der Waals surface area contributed by atoms with Crippen molar-refractivity contribution < 1.29 is 8.83 Å². The number of anilines is 6. The van der Waals surface area contributed by atoms with Crippen molar-refractivity contribution in [3.8, 4) is 33.4 Å². The molecular formula is C84H57N3O2. The van der Waals surface area contributed by atoms with Gasteiger partial charge in [-0.3, -0.25) is 0 Å². The lowest BCUT2D eigenvalue weighted by atomic mass is 9.86. The first kappa shape index (κ1) is 50.9. The second kappa shape index (κ2) is 19.6. The van der Waals surface area contributed by atoms with Gasteiger partial charge in [-0.25, -0.2) is 0 Å². The van der Waals surface area contributed by atoms with E-state index in [1.165, 1.54) is 54.5 Å². The molecule has 89 heavy (non-hydrogen) atoms. The van der Waals surface area contributed by atoms with E-state index in [4.69, 9.17) is 8.83 Å². The molecule has 18 aromatic rings. The lowest BCUT2D eigenvalue weighted by Gasteiger charge is -2.26. The molecule has 0 saturated heterocycles. The topological polar surface area (TPSA) is 37.2 Å². The Bertz CT molecular complexity index is 5520. The molecule has 4 aromatic heterocycles. The summed E-state index contributed by atoms with van der Waals surface area (Å²) in [6.45, 7) is 6.85. The second-order valence-electron chi connectivity index (χ2n) is 24.9. The standard InChI is InChI=1S/C84H57N3O2/c1-84(2,3)62-38-34-54(35-39-62)61-48-73-71-46-57-36-40-65(85(63-24-14-22-55(42-63)52-18-6-4-7-19-52)75-30-16-28-69-67-26-10-12-32-79(67)88-82(69)75)44-59(57)50-77(71)87-78-51-60-45-66(41-37-58(60)47-72(78)74(49-61)81(73)87)86(64-25-15-23-56(43-64)53-20-8-5-9-21-53)76-31-17-29-70-68-27-11-13-33-80(68)89-83(70)76/h4-51H,1-3H3. The molecule has 420 valence electrons. The Labute approximate surface area is 514 Å². The third kappa shape index (κ3) is 8.16. The molecule has 5 heteroatoms. The van der Waals surface area contributed by atoms with E-state index >= 15 is 0 Å². The normalized spacial score (nSPS) is 12.2. The highest BCUT2D eigenvalue weighted by atomic mass is 16.3. The monoisotopic (exact) mass is 1140 g/mol. The number of furan rings is 2. The van der Waals surface area contributed by atoms with Gasteiger partial charge in [0.1, 0.15) is 11.2 Å². The minimum absolute atomic E-state index is 0.0404. The predicted molar refractivity (Wildman–Crippen MR) is 375 cm³/mol. The Morgan fingerprint density at radius 3 is 1.18 bits per heavy atom. The fraction of sp³-hybridized carbons (Fsp3) is 0.0476. The molecule has 18 rings (SSSR count). The lowest BCUT2D eigenvalue weighted by molar-refractivity contribution is 0.590. The number of fused-ring (bicyclic) bond motifs is 14. The van der Waals surface area contributed by atoms with Crippen LogP contribution in [-0.4, -0.2) is 4.40 Å². The number of para-hydroxylation sites is 4. The maximum absolute atomic E-state index is 6.83. The number of rotatable bonds is 9. The fourth-order valence-electron chi connectivity index (χ4n) is 14.2. The molecule has 0 aliphatic rings. The zero-order chi connectivity index (χ0) is 59.1. The van der Waals surface area contributed by atoms with Crippen LogP contribution in [0.25, 0.3) is 137 Å². The predicted octanol–water partition coefficient (Wildman–Crippen LogP) is 24.2. The summed E-state index contributed by atoms with van der Waals surface area (Å²) in [7, 11) is 0. The van der Waals surface area contributed by atoms with Crippen molar-refractivity contribution in [2.24, 2.45) is 0 Å². The van der Waals surface area contributed by atoms with Crippen molar-refractivity contribution in [1.29, 1.82) is 0 Å². The van der Waals surface area contributed by atoms with Crippen LogP contribution in [0.5, 0.6) is 0 Å². The summed E-state index contributed by atoms with van der Waals surface area (Å²) in [6, 6.07) is 106. The lowest BCUT2D eigenvalue weighted by Crippen LogP contribution is -2.10. The van der Waals surface area contributed by atoms with Gasteiger partial charge in [0.25, 0.3) is 0 Å². The van der Waals surface area contributed by atoms with E-state index in [0.717, 1.165) is 122 Å². The van der Waals surface area contributed by atoms with Crippen molar-refractivity contribution in [2.75, 3.05) is 9.80 Å². The summed E-state index contributed by atoms with van der Waals surface area (Å²) in [6.07, 6.45) is 0. The first-order valence-corrected chi connectivity index (χ1v) is 30.7. The van der Waals surface area contributed by atoms with Crippen LogP contribution in [0.2, 0.25) is 0 Å². The van der Waals surface area contributed by atoms with Gasteiger partial charge in [0.2, 0.25) is 0 Å². The van der Waals surface area contributed by atoms with Gasteiger partial charge in [-0.1, -0.05) is 203 Å². The smallest absolute Gasteiger partial charge is 0.159 e. The third-order valence-corrected chi connectivity index (χ3v) is 18.5. The van der Waals surface area contributed by atoms with Gasteiger partial charge < -0.3 is 23.0 Å². The summed E-state index contributed by atoms with van der Waals surface area (Å²) < 4.78 is 16.2. The van der Waals surface area contributed by atoms with Gasteiger partial charge >= 0.3 is 0 Å². The van der Waals surface area contributed by atoms with Crippen LogP contribution in [-0.2, 0) is 5.41 Å². The molecule has 0 bridgehead atoms. The Morgan fingerprint density at radius 1 is 0.281 bits per heavy atom. The van der Waals surface area contributed by atoms with E-state index in [1.807, 2.05) is 12.1 Å². The highest BCUT2D eigenvalue weighted by Gasteiger charge is 2.26. The number of hydrogen-bond acceptors (Lipinski definition) is 4. The van der Waals surface area contributed by atoms with Crippen LogP contribution < -0.4 is 9.80 Å². The molecule has 0 N–H and O–H groups in total. The Morgan fingerprint density at radius 2 is 0.697 bits per heavy atom. The maximum atomic E-state index is 6.83. The van der Waals surface area contributed by atoms with Crippen LogP contribution >= 0.6 is 0 Å². The van der Waals surface area contributed by atoms with Crippen LogP contribution in [0, 0.1) is 0 Å². The molecule has 0 unspecified atom stereocenters. The van der Waals surface area contributed by atoms with E-state index in [1.54, 1.807) is 0 Å². The molecule has 0 saturated carbocycles. The summed E-state index contributed by atoms with van der Waals surface area (Å²) in [5.41, 5.74) is 21.4. The maximum Gasteiger partial charge on any atom is 0.159 e. The first-order valence-electron chi connectivity index (χ1n) is 30.7. The van der Waals surface area contributed by atoms with E-state index in [2.05, 4.69) is 314 Å². The summed E-state index contributed by atoms with van der Waals surface area (Å²) in [5.74, 6) is 0. The Kier molecular flexibility index (Phi) is 11.2. The molecule has 0 amide bonds. The van der Waals surface area contributed by atoms with Crippen LogP contribution in [0.4, 0.5) is 34.1 Å². The third-order valence-electron chi connectivity index (χ3n) is 18.5. The molecule has 0 aliphatic heterocycles. The molecular weight excluding hydrogens is 1080 g/mol. The zero-order valence-electron chi connectivity index (χ0n) is 49.4. The Hall–Kier alpha value is -11.4. The van der Waals surface area contributed by atoms with Gasteiger partial charge in [0.15, 0.2) is 11.2 Å². The van der Waals surface area contributed by atoms with Crippen molar-refractivity contribution in [3.63, 3.8) is 0 Å². The number of benzene rings is 14. The number of aromatic nitrogens is 1. The summed E-state index contributed by atoms with van der Waals surface area (Å²) >= 11 is 0. The van der Waals surface area contributed by atoms with Crippen molar-refractivity contribution in [3.05, 3.63) is 297 Å². The minimum atomic E-state index is 0.0404. The Balaban J connectivity index is 0.866. The summed E-state index contributed by atoms with van der Waals surface area (Å²) in [4.78, 5) is 4.75. The van der Waals surface area contributed by atoms with Gasteiger partial charge in [-0.15, -0.1) is 0 Å². The van der Waals surface area contributed by atoms with Crippen molar-refractivity contribution in [1.82, 2.24) is 4.40 Å². The van der Waals surface area contributed by atoms with E-state index in [9.17, 15) is 0 Å². The SMILES string of the molecule is CC(C)(C)c1ccc(-c2cc3c4cc5ccc(N(c6cccc(-c7ccccc7)c6)c6cccc7c6oc6ccccc67)cc5cc4n4c5cc6cc(N(c7cccc(-c8ccccc8)c7)c7cccc8c7oc7ccccc78)ccc6cc5c(c2)c34)cc1. The highest BCUT2D eigenvalue weighted by molar-refractivity contribution is 6.27. The molecule has 0 fully saturated rings. The van der Waals surface area contributed by atoms with Gasteiger partial charge in [-0.05, 0) is 175 Å². The average Bonchev–Trinajstić information content (AvgIpc) is 1.58. The fourth-order valence-corrected chi connectivity index (χ4v) is 14.2. The summed E-state index contributed by atoms with van der Waals surface area (Å²) in [5, 5.41) is 13.9. The molecule has 0 spiro atoms. The van der Waals surface area contributed by atoms with Gasteiger partial charge in [0.05, 0.1) is 27.9 Å². The van der Waals surface area contributed by atoms with E-state index in [-0.39, 0.29) is 5.41 Å². The number of nitrogens with zero attached hydrogens (tertiary/aromatic N) is 3. The molecule has 0 atom stereocenters. The van der Waals surface area contributed by atoms with Crippen molar-refractivity contribution >= 4 is 138 Å². The molecule has 0 aliphatic carbocycles. The van der Waals surface area contributed by atoms with Gasteiger partial charge in [0, 0.05) is 65.8 Å². The molecule has 4 heterocycles. The second-order valence-corrected chi connectivity index (χ2v) is 24.9. The molecule has 0 radical (unpaired) electrons. The van der Waals surface area contributed by atoms with Crippen LogP contribution in [0.3, 0.4) is 0 Å². The number of hydrogen-bond donors (Lipinski definition) is 0. The average molecular weight is 1140 g/mol. The van der Waals surface area contributed by atoms with Crippen LogP contribution in [0.1, 0.15) is 26.3 Å². The van der Waals surface area contributed by atoms with Crippen molar-refractivity contribution in [2.45, 2.75) is 26.2 Å². The first-order chi connectivity index (χ1) is 43.7. The minimum Gasteiger partial charge on any atom is -0.454 e.